The lowest BCUT2D eigenvalue weighted by molar-refractivity contribution is -0.147. The van der Waals surface area contributed by atoms with E-state index in [1.165, 1.54) is 6.42 Å². The van der Waals surface area contributed by atoms with Crippen LogP contribution >= 0.6 is 0 Å². The number of nitrogens with zero attached hydrogens (tertiary/aromatic N) is 3. The molecule has 7 nitrogen and oxygen atoms in total. The standard InChI is InChI=1S/C21H36N4O3/c1-16(2)22-19(26)15-23-11-13-24(14-12-23)21(28)18-9-6-10-25(18)20(27)17-7-4-3-5-8-17/h16-18H,3-15H2,1-2H3,(H,22,26)/t18-/m0/s1. The van der Waals surface area contributed by atoms with E-state index < -0.39 is 0 Å². The number of hydrogen-bond acceptors (Lipinski definition) is 4. The minimum atomic E-state index is -0.273. The number of likely N-dealkylation sites (tertiary alicyclic amines) is 1. The molecular formula is C21H36N4O3. The van der Waals surface area contributed by atoms with Gasteiger partial charge >= 0.3 is 0 Å². The van der Waals surface area contributed by atoms with Crippen molar-refractivity contribution < 1.29 is 14.4 Å². The third kappa shape index (κ3) is 5.25. The molecule has 0 aromatic carbocycles. The van der Waals surface area contributed by atoms with E-state index in [4.69, 9.17) is 0 Å². The van der Waals surface area contributed by atoms with Crippen molar-refractivity contribution in [3.05, 3.63) is 0 Å². The van der Waals surface area contributed by atoms with Crippen LogP contribution in [0.2, 0.25) is 0 Å². The molecule has 3 aliphatic rings. The largest absolute Gasteiger partial charge is 0.353 e. The Balaban J connectivity index is 1.50. The summed E-state index contributed by atoms with van der Waals surface area (Å²) >= 11 is 0. The van der Waals surface area contributed by atoms with Crippen molar-refractivity contribution in [3.8, 4) is 0 Å². The van der Waals surface area contributed by atoms with Crippen LogP contribution < -0.4 is 5.32 Å². The van der Waals surface area contributed by atoms with Crippen molar-refractivity contribution in [1.82, 2.24) is 20.0 Å². The highest BCUT2D eigenvalue weighted by atomic mass is 16.2. The minimum Gasteiger partial charge on any atom is -0.353 e. The molecule has 3 fully saturated rings. The second kappa shape index (κ2) is 9.72. The van der Waals surface area contributed by atoms with Gasteiger partial charge in [-0.25, -0.2) is 0 Å². The van der Waals surface area contributed by atoms with E-state index in [0.29, 0.717) is 32.7 Å². The molecule has 0 aromatic rings. The maximum absolute atomic E-state index is 13.1. The molecule has 2 heterocycles. The first-order chi connectivity index (χ1) is 13.5. The predicted octanol–water partition coefficient (Wildman–Crippen LogP) is 1.23. The minimum absolute atomic E-state index is 0.0369. The summed E-state index contributed by atoms with van der Waals surface area (Å²) in [5.41, 5.74) is 0. The molecule has 3 rings (SSSR count). The molecule has 158 valence electrons. The van der Waals surface area contributed by atoms with Gasteiger partial charge in [0, 0.05) is 44.7 Å². The summed E-state index contributed by atoms with van der Waals surface area (Å²) in [5, 5.41) is 2.91. The van der Waals surface area contributed by atoms with Crippen LogP contribution in [0.1, 0.15) is 58.8 Å². The SMILES string of the molecule is CC(C)NC(=O)CN1CCN(C(=O)[C@@H]2CCCN2C(=O)C2CCCCC2)CC1. The second-order valence-corrected chi connectivity index (χ2v) is 8.85. The summed E-state index contributed by atoms with van der Waals surface area (Å²) in [6, 6.07) is -0.129. The van der Waals surface area contributed by atoms with Gasteiger partial charge in [-0.2, -0.15) is 0 Å². The Morgan fingerprint density at radius 1 is 0.857 bits per heavy atom. The Morgan fingerprint density at radius 3 is 2.18 bits per heavy atom. The predicted molar refractivity (Wildman–Crippen MR) is 108 cm³/mol. The van der Waals surface area contributed by atoms with Gasteiger partial charge in [0.1, 0.15) is 6.04 Å². The molecule has 1 N–H and O–H groups in total. The fourth-order valence-electron chi connectivity index (χ4n) is 4.78. The first-order valence-corrected chi connectivity index (χ1v) is 11.1. The summed E-state index contributed by atoms with van der Waals surface area (Å²) in [6.07, 6.45) is 7.16. The molecule has 1 saturated carbocycles. The van der Waals surface area contributed by atoms with Crippen LogP contribution in [0.25, 0.3) is 0 Å². The van der Waals surface area contributed by atoms with E-state index in [9.17, 15) is 14.4 Å². The van der Waals surface area contributed by atoms with Crippen LogP contribution in [-0.4, -0.2) is 83.8 Å². The molecule has 7 heteroatoms. The molecule has 2 saturated heterocycles. The van der Waals surface area contributed by atoms with E-state index in [1.807, 2.05) is 23.6 Å². The topological polar surface area (TPSA) is 73.0 Å². The lowest BCUT2D eigenvalue weighted by atomic mass is 9.88. The van der Waals surface area contributed by atoms with E-state index in [0.717, 1.165) is 45.1 Å². The molecule has 28 heavy (non-hydrogen) atoms. The Morgan fingerprint density at radius 2 is 1.54 bits per heavy atom. The molecule has 2 aliphatic heterocycles. The smallest absolute Gasteiger partial charge is 0.245 e. The number of carbonyl (C=O) groups excluding carboxylic acids is 3. The van der Waals surface area contributed by atoms with Gasteiger partial charge in [-0.05, 0) is 39.5 Å². The zero-order valence-corrected chi connectivity index (χ0v) is 17.5. The van der Waals surface area contributed by atoms with Crippen LogP contribution in [0.15, 0.2) is 0 Å². The molecule has 0 spiro atoms. The third-order valence-electron chi connectivity index (χ3n) is 6.28. The molecule has 0 bridgehead atoms. The number of rotatable bonds is 5. The molecule has 0 radical (unpaired) electrons. The molecule has 3 amide bonds. The maximum Gasteiger partial charge on any atom is 0.245 e. The highest BCUT2D eigenvalue weighted by Gasteiger charge is 2.39. The van der Waals surface area contributed by atoms with Gasteiger partial charge in [0.05, 0.1) is 6.54 Å². The Bertz CT molecular complexity index is 566. The summed E-state index contributed by atoms with van der Waals surface area (Å²) < 4.78 is 0. The van der Waals surface area contributed by atoms with Gasteiger partial charge in [-0.15, -0.1) is 0 Å². The average Bonchev–Trinajstić information content (AvgIpc) is 3.17. The van der Waals surface area contributed by atoms with Crippen molar-refractivity contribution in [2.75, 3.05) is 39.3 Å². The molecule has 0 aromatic heterocycles. The fourth-order valence-corrected chi connectivity index (χ4v) is 4.78. The summed E-state index contributed by atoms with van der Waals surface area (Å²) in [6.45, 7) is 7.70. The highest BCUT2D eigenvalue weighted by Crippen LogP contribution is 2.29. The van der Waals surface area contributed by atoms with Crippen molar-refractivity contribution >= 4 is 17.7 Å². The van der Waals surface area contributed by atoms with Crippen LogP contribution in [-0.2, 0) is 14.4 Å². The van der Waals surface area contributed by atoms with Crippen molar-refractivity contribution in [3.63, 3.8) is 0 Å². The molecular weight excluding hydrogens is 356 g/mol. The van der Waals surface area contributed by atoms with Crippen molar-refractivity contribution in [2.45, 2.75) is 70.9 Å². The van der Waals surface area contributed by atoms with Crippen molar-refractivity contribution in [2.24, 2.45) is 5.92 Å². The van der Waals surface area contributed by atoms with Crippen LogP contribution in [0.5, 0.6) is 0 Å². The zero-order valence-electron chi connectivity index (χ0n) is 17.5. The monoisotopic (exact) mass is 392 g/mol. The number of piperazine rings is 1. The average molecular weight is 393 g/mol. The Kier molecular flexibility index (Phi) is 7.32. The van der Waals surface area contributed by atoms with Gasteiger partial charge in [-0.1, -0.05) is 19.3 Å². The summed E-state index contributed by atoms with van der Waals surface area (Å²) in [4.78, 5) is 43.9. The van der Waals surface area contributed by atoms with Gasteiger partial charge in [0.2, 0.25) is 17.7 Å². The van der Waals surface area contributed by atoms with Gasteiger partial charge in [0.25, 0.3) is 0 Å². The molecule has 1 aliphatic carbocycles. The number of amides is 3. The maximum atomic E-state index is 13.1. The third-order valence-corrected chi connectivity index (χ3v) is 6.28. The fraction of sp³-hybridized carbons (Fsp3) is 0.857. The zero-order chi connectivity index (χ0) is 20.1. The van der Waals surface area contributed by atoms with Crippen LogP contribution in [0.4, 0.5) is 0 Å². The van der Waals surface area contributed by atoms with Crippen LogP contribution in [0.3, 0.4) is 0 Å². The molecule has 0 unspecified atom stereocenters. The lowest BCUT2D eigenvalue weighted by Gasteiger charge is -2.38. The normalized spacial score (nSPS) is 24.6. The van der Waals surface area contributed by atoms with E-state index in [1.54, 1.807) is 0 Å². The van der Waals surface area contributed by atoms with E-state index >= 15 is 0 Å². The van der Waals surface area contributed by atoms with Crippen LogP contribution in [0, 0.1) is 5.92 Å². The van der Waals surface area contributed by atoms with E-state index in [-0.39, 0.29) is 35.7 Å². The van der Waals surface area contributed by atoms with Gasteiger partial charge in [0.15, 0.2) is 0 Å². The van der Waals surface area contributed by atoms with E-state index in [2.05, 4.69) is 10.2 Å². The number of hydrogen-bond donors (Lipinski definition) is 1. The first kappa shape index (κ1) is 21.1. The first-order valence-electron chi connectivity index (χ1n) is 11.1. The summed E-state index contributed by atoms with van der Waals surface area (Å²) in [7, 11) is 0. The van der Waals surface area contributed by atoms with Crippen molar-refractivity contribution in [1.29, 1.82) is 0 Å². The molecule has 1 atom stereocenters. The Hall–Kier alpha value is -1.63. The summed E-state index contributed by atoms with van der Waals surface area (Å²) in [5.74, 6) is 0.473. The van der Waals surface area contributed by atoms with Gasteiger partial charge < -0.3 is 15.1 Å². The quantitative estimate of drug-likeness (QED) is 0.764. The Labute approximate surface area is 168 Å². The number of carbonyl (C=O) groups is 3. The highest BCUT2D eigenvalue weighted by molar-refractivity contribution is 5.89. The number of nitrogens with one attached hydrogen (secondary N) is 1. The van der Waals surface area contributed by atoms with Gasteiger partial charge in [-0.3, -0.25) is 19.3 Å². The lowest BCUT2D eigenvalue weighted by Crippen LogP contribution is -2.56. The second-order valence-electron chi connectivity index (χ2n) is 8.85.